The number of hydrogen-bond acceptors (Lipinski definition) is 2. The van der Waals surface area contributed by atoms with Crippen LogP contribution in [0.1, 0.15) is 19.3 Å². The van der Waals surface area contributed by atoms with Gasteiger partial charge in [0, 0.05) is 10.1 Å². The van der Waals surface area contributed by atoms with Crippen LogP contribution in [0.3, 0.4) is 0 Å². The van der Waals surface area contributed by atoms with Gasteiger partial charge in [-0.05, 0) is 31.4 Å². The first-order valence-corrected chi connectivity index (χ1v) is 6.70. The Morgan fingerprint density at radius 3 is 2.75 bits per heavy atom. The molecule has 0 N–H and O–H groups in total. The molecule has 0 aliphatic carbocycles. The lowest BCUT2D eigenvalue weighted by atomic mass is 10.1. The maximum Gasteiger partial charge on any atom is 0.0610 e. The molecule has 0 radical (unpaired) electrons. The highest BCUT2D eigenvalue weighted by Gasteiger charge is 2.21. The molecular formula is C14H18OS. The molecule has 1 aromatic rings. The van der Waals surface area contributed by atoms with Gasteiger partial charge in [0.15, 0.2) is 0 Å². The van der Waals surface area contributed by atoms with Crippen molar-refractivity contribution in [2.45, 2.75) is 35.5 Å². The first-order chi connectivity index (χ1) is 7.88. The molecule has 1 fully saturated rings. The second-order valence-corrected chi connectivity index (χ2v) is 5.48. The maximum atomic E-state index is 5.81. The van der Waals surface area contributed by atoms with Crippen LogP contribution in [0.4, 0.5) is 0 Å². The van der Waals surface area contributed by atoms with Crippen LogP contribution in [0.5, 0.6) is 0 Å². The van der Waals surface area contributed by atoms with Crippen LogP contribution in [0.2, 0.25) is 0 Å². The van der Waals surface area contributed by atoms with E-state index in [4.69, 9.17) is 4.74 Å². The van der Waals surface area contributed by atoms with Crippen molar-refractivity contribution in [1.82, 2.24) is 0 Å². The first-order valence-electron chi connectivity index (χ1n) is 5.82. The molecule has 1 saturated heterocycles. The van der Waals surface area contributed by atoms with E-state index in [2.05, 4.69) is 36.9 Å². The van der Waals surface area contributed by atoms with Crippen LogP contribution in [-0.2, 0) is 4.74 Å². The van der Waals surface area contributed by atoms with E-state index in [1.807, 2.05) is 17.8 Å². The molecule has 0 bridgehead atoms. The summed E-state index contributed by atoms with van der Waals surface area (Å²) >= 11 is 1.93. The third-order valence-electron chi connectivity index (χ3n) is 2.80. The smallest absolute Gasteiger partial charge is 0.0610 e. The Morgan fingerprint density at radius 2 is 2.12 bits per heavy atom. The molecule has 16 heavy (non-hydrogen) atoms. The van der Waals surface area contributed by atoms with E-state index in [1.54, 1.807) is 0 Å². The van der Waals surface area contributed by atoms with Crippen molar-refractivity contribution in [3.63, 3.8) is 0 Å². The number of rotatable bonds is 4. The van der Waals surface area contributed by atoms with Crippen molar-refractivity contribution in [1.29, 1.82) is 0 Å². The lowest BCUT2D eigenvalue weighted by Crippen LogP contribution is -2.27. The lowest BCUT2D eigenvalue weighted by Gasteiger charge is -2.28. The average molecular weight is 234 g/mol. The highest BCUT2D eigenvalue weighted by atomic mass is 32.2. The average Bonchev–Trinajstić information content (AvgIpc) is 2.33. The molecule has 2 atom stereocenters. The van der Waals surface area contributed by atoms with Gasteiger partial charge < -0.3 is 4.74 Å². The Bertz CT molecular complexity index is 315. The molecule has 0 unspecified atom stereocenters. The number of ether oxygens (including phenoxy) is 1. The highest BCUT2D eigenvalue weighted by molar-refractivity contribution is 8.00. The number of hydrogen-bond donors (Lipinski definition) is 0. The molecule has 0 spiro atoms. The predicted octanol–water partition coefficient (Wildman–Crippen LogP) is 3.90. The van der Waals surface area contributed by atoms with Gasteiger partial charge in [-0.2, -0.15) is 0 Å². The fourth-order valence-corrected chi connectivity index (χ4v) is 3.04. The Hall–Kier alpha value is -0.730. The van der Waals surface area contributed by atoms with Crippen LogP contribution < -0.4 is 0 Å². The molecule has 1 aliphatic rings. The van der Waals surface area contributed by atoms with Gasteiger partial charge in [0.05, 0.1) is 12.7 Å². The second kappa shape index (κ2) is 6.12. The van der Waals surface area contributed by atoms with Crippen LogP contribution in [0.15, 0.2) is 47.9 Å². The zero-order valence-electron chi connectivity index (χ0n) is 9.47. The summed E-state index contributed by atoms with van der Waals surface area (Å²) in [5.74, 6) is 0. The summed E-state index contributed by atoms with van der Waals surface area (Å²) in [5, 5.41) is 0.614. The van der Waals surface area contributed by atoms with E-state index in [-0.39, 0.29) is 0 Å². The minimum absolute atomic E-state index is 0.408. The fraction of sp³-hybridized carbons (Fsp3) is 0.429. The molecule has 2 rings (SSSR count). The first kappa shape index (κ1) is 11.7. The molecule has 1 aliphatic heterocycles. The SMILES string of the molecule is C=CC[C@H]1CC[C@@H](Sc2ccccc2)CO1. The van der Waals surface area contributed by atoms with Gasteiger partial charge in [0.1, 0.15) is 0 Å². The number of thioether (sulfide) groups is 1. The van der Waals surface area contributed by atoms with E-state index < -0.39 is 0 Å². The molecule has 1 nitrogen and oxygen atoms in total. The summed E-state index contributed by atoms with van der Waals surface area (Å²) in [6.45, 7) is 4.63. The van der Waals surface area contributed by atoms with E-state index >= 15 is 0 Å². The van der Waals surface area contributed by atoms with E-state index in [0.717, 1.165) is 19.4 Å². The van der Waals surface area contributed by atoms with Gasteiger partial charge in [0.2, 0.25) is 0 Å². The highest BCUT2D eigenvalue weighted by Crippen LogP contribution is 2.30. The predicted molar refractivity (Wildman–Crippen MR) is 69.9 cm³/mol. The van der Waals surface area contributed by atoms with Crippen molar-refractivity contribution in [2.24, 2.45) is 0 Å². The Kier molecular flexibility index (Phi) is 4.49. The van der Waals surface area contributed by atoms with E-state index in [0.29, 0.717) is 11.4 Å². The minimum atomic E-state index is 0.408. The minimum Gasteiger partial charge on any atom is -0.377 e. The zero-order chi connectivity index (χ0) is 11.2. The Morgan fingerprint density at radius 1 is 1.31 bits per heavy atom. The molecule has 2 heteroatoms. The van der Waals surface area contributed by atoms with E-state index in [9.17, 15) is 0 Å². The van der Waals surface area contributed by atoms with Crippen molar-refractivity contribution in [3.05, 3.63) is 43.0 Å². The van der Waals surface area contributed by atoms with Gasteiger partial charge in [-0.3, -0.25) is 0 Å². The van der Waals surface area contributed by atoms with Gasteiger partial charge in [-0.25, -0.2) is 0 Å². The third-order valence-corrected chi connectivity index (χ3v) is 4.05. The molecule has 1 aromatic carbocycles. The summed E-state index contributed by atoms with van der Waals surface area (Å²) < 4.78 is 5.81. The monoisotopic (exact) mass is 234 g/mol. The molecular weight excluding hydrogens is 216 g/mol. The van der Waals surface area contributed by atoms with Crippen LogP contribution in [0, 0.1) is 0 Å². The normalized spacial score (nSPS) is 25.2. The maximum absolute atomic E-state index is 5.81. The topological polar surface area (TPSA) is 9.23 Å². The van der Waals surface area contributed by atoms with Gasteiger partial charge in [-0.15, -0.1) is 18.3 Å². The standard InChI is InChI=1S/C14H18OS/c1-2-6-12-9-10-14(11-15-12)16-13-7-4-3-5-8-13/h2-5,7-8,12,14H,1,6,9-11H2/t12-,14+/m0/s1. The van der Waals surface area contributed by atoms with Gasteiger partial charge in [0.25, 0.3) is 0 Å². The van der Waals surface area contributed by atoms with Crippen LogP contribution in [-0.4, -0.2) is 18.0 Å². The summed E-state index contributed by atoms with van der Waals surface area (Å²) in [4.78, 5) is 1.35. The zero-order valence-corrected chi connectivity index (χ0v) is 10.3. The molecule has 0 aromatic heterocycles. The third kappa shape index (κ3) is 3.39. The quantitative estimate of drug-likeness (QED) is 0.731. The van der Waals surface area contributed by atoms with Crippen LogP contribution >= 0.6 is 11.8 Å². The Labute approximate surface area is 102 Å². The van der Waals surface area contributed by atoms with Crippen molar-refractivity contribution in [3.8, 4) is 0 Å². The van der Waals surface area contributed by atoms with Gasteiger partial charge in [-0.1, -0.05) is 24.3 Å². The van der Waals surface area contributed by atoms with Gasteiger partial charge >= 0.3 is 0 Å². The summed E-state index contributed by atoms with van der Waals surface area (Å²) in [6.07, 6.45) is 5.76. The van der Waals surface area contributed by atoms with Crippen molar-refractivity contribution in [2.75, 3.05) is 6.61 Å². The van der Waals surface area contributed by atoms with Crippen molar-refractivity contribution >= 4 is 11.8 Å². The second-order valence-electron chi connectivity index (χ2n) is 4.11. The molecule has 1 heterocycles. The molecule has 0 saturated carbocycles. The van der Waals surface area contributed by atoms with Crippen molar-refractivity contribution < 1.29 is 4.74 Å². The molecule has 0 amide bonds. The summed E-state index contributed by atoms with van der Waals surface area (Å²) in [7, 11) is 0. The lowest BCUT2D eigenvalue weighted by molar-refractivity contribution is 0.0222. The largest absolute Gasteiger partial charge is 0.377 e. The fourth-order valence-electron chi connectivity index (χ4n) is 1.94. The number of benzene rings is 1. The Balaban J connectivity index is 1.79. The van der Waals surface area contributed by atoms with Crippen LogP contribution in [0.25, 0.3) is 0 Å². The van der Waals surface area contributed by atoms with E-state index in [1.165, 1.54) is 11.3 Å². The summed E-state index contributed by atoms with van der Waals surface area (Å²) in [6, 6.07) is 10.6. The molecule has 86 valence electrons. The summed E-state index contributed by atoms with van der Waals surface area (Å²) in [5.41, 5.74) is 0.